The fourth-order valence-electron chi connectivity index (χ4n) is 2.09. The van der Waals surface area contributed by atoms with Crippen LogP contribution in [0.4, 0.5) is 0 Å². The van der Waals surface area contributed by atoms with Crippen molar-refractivity contribution in [1.29, 1.82) is 0 Å². The van der Waals surface area contributed by atoms with E-state index in [-0.39, 0.29) is 5.91 Å². The van der Waals surface area contributed by atoms with Crippen LogP contribution >= 0.6 is 0 Å². The largest absolute Gasteiger partial charge is 0.493 e. The van der Waals surface area contributed by atoms with E-state index in [0.29, 0.717) is 23.6 Å². The van der Waals surface area contributed by atoms with Gasteiger partial charge < -0.3 is 14.8 Å². The number of unbranched alkanes of at least 4 members (excludes halogenated alkanes) is 4. The smallest absolute Gasteiger partial charge is 0.255 e. The van der Waals surface area contributed by atoms with Gasteiger partial charge in [0.1, 0.15) is 0 Å². The number of para-hydroxylation sites is 1. The molecule has 0 saturated carbocycles. The number of carbonyl (C=O) groups is 1. The molecule has 4 nitrogen and oxygen atoms in total. The lowest BCUT2D eigenvalue weighted by molar-refractivity contribution is 0.0949. The fraction of sp³-hybridized carbons (Fsp3) is 0.562. The van der Waals surface area contributed by atoms with Crippen molar-refractivity contribution in [3.05, 3.63) is 23.8 Å². The van der Waals surface area contributed by atoms with Gasteiger partial charge in [0.05, 0.1) is 19.8 Å². The Kier molecular flexibility index (Phi) is 7.55. The topological polar surface area (TPSA) is 47.6 Å². The molecule has 0 bridgehead atoms. The Labute approximate surface area is 121 Å². The minimum atomic E-state index is -0.115. The van der Waals surface area contributed by atoms with Crippen molar-refractivity contribution in [2.75, 3.05) is 20.8 Å². The predicted octanol–water partition coefficient (Wildman–Crippen LogP) is 3.40. The molecule has 0 atom stereocenters. The van der Waals surface area contributed by atoms with Crippen LogP contribution in [-0.4, -0.2) is 26.7 Å². The van der Waals surface area contributed by atoms with E-state index >= 15 is 0 Å². The SMILES string of the molecule is CCCCCCCNC(=O)c1cccc(OC)c1OC. The van der Waals surface area contributed by atoms with Crippen molar-refractivity contribution < 1.29 is 14.3 Å². The van der Waals surface area contributed by atoms with E-state index in [4.69, 9.17) is 9.47 Å². The second kappa shape index (κ2) is 9.23. The molecule has 1 rings (SSSR count). The normalized spacial score (nSPS) is 10.2. The Bertz CT molecular complexity index is 418. The highest BCUT2D eigenvalue weighted by Gasteiger charge is 2.15. The number of methoxy groups -OCH3 is 2. The average molecular weight is 279 g/mol. The lowest BCUT2D eigenvalue weighted by Gasteiger charge is -2.12. The third-order valence-corrected chi connectivity index (χ3v) is 3.21. The van der Waals surface area contributed by atoms with Crippen molar-refractivity contribution in [3.63, 3.8) is 0 Å². The Morgan fingerprint density at radius 3 is 2.50 bits per heavy atom. The summed E-state index contributed by atoms with van der Waals surface area (Å²) in [5, 5.41) is 2.93. The van der Waals surface area contributed by atoms with Gasteiger partial charge in [0.25, 0.3) is 5.91 Å². The van der Waals surface area contributed by atoms with Gasteiger partial charge in [-0.15, -0.1) is 0 Å². The molecule has 1 aromatic carbocycles. The van der Waals surface area contributed by atoms with Crippen LogP contribution in [0.15, 0.2) is 18.2 Å². The summed E-state index contributed by atoms with van der Waals surface area (Å²) in [6.45, 7) is 2.89. The third-order valence-electron chi connectivity index (χ3n) is 3.21. The second-order valence-corrected chi connectivity index (χ2v) is 4.71. The van der Waals surface area contributed by atoms with Crippen LogP contribution in [-0.2, 0) is 0 Å². The molecule has 1 N–H and O–H groups in total. The summed E-state index contributed by atoms with van der Waals surface area (Å²) in [6.07, 6.45) is 5.89. The van der Waals surface area contributed by atoms with E-state index in [9.17, 15) is 4.79 Å². The number of nitrogens with one attached hydrogen (secondary N) is 1. The lowest BCUT2D eigenvalue weighted by atomic mass is 10.1. The number of hydrogen-bond donors (Lipinski definition) is 1. The van der Waals surface area contributed by atoms with Gasteiger partial charge in [-0.1, -0.05) is 38.7 Å². The Morgan fingerprint density at radius 1 is 1.10 bits per heavy atom. The molecule has 0 aromatic heterocycles. The molecule has 0 spiro atoms. The molecule has 0 fully saturated rings. The third kappa shape index (κ3) is 4.76. The summed E-state index contributed by atoms with van der Waals surface area (Å²) in [6, 6.07) is 5.31. The zero-order valence-corrected chi connectivity index (χ0v) is 12.7. The maximum Gasteiger partial charge on any atom is 0.255 e. The first-order valence-corrected chi connectivity index (χ1v) is 7.23. The second-order valence-electron chi connectivity index (χ2n) is 4.71. The van der Waals surface area contributed by atoms with E-state index in [0.717, 1.165) is 12.8 Å². The van der Waals surface area contributed by atoms with Gasteiger partial charge in [0, 0.05) is 6.54 Å². The van der Waals surface area contributed by atoms with Crippen LogP contribution in [0, 0.1) is 0 Å². The van der Waals surface area contributed by atoms with Crippen molar-refractivity contribution in [2.45, 2.75) is 39.0 Å². The zero-order chi connectivity index (χ0) is 14.8. The number of rotatable bonds is 9. The molecular formula is C16H25NO3. The fourth-order valence-corrected chi connectivity index (χ4v) is 2.09. The molecular weight excluding hydrogens is 254 g/mol. The Hall–Kier alpha value is -1.71. The molecule has 4 heteroatoms. The zero-order valence-electron chi connectivity index (χ0n) is 12.7. The molecule has 0 heterocycles. The summed E-state index contributed by atoms with van der Waals surface area (Å²) < 4.78 is 10.5. The monoisotopic (exact) mass is 279 g/mol. The summed E-state index contributed by atoms with van der Waals surface area (Å²) in [5.41, 5.74) is 0.514. The molecule has 0 unspecified atom stereocenters. The lowest BCUT2D eigenvalue weighted by Crippen LogP contribution is -2.25. The minimum absolute atomic E-state index is 0.115. The van der Waals surface area contributed by atoms with E-state index in [1.165, 1.54) is 19.3 Å². The van der Waals surface area contributed by atoms with Crippen molar-refractivity contribution in [3.8, 4) is 11.5 Å². The van der Waals surface area contributed by atoms with Gasteiger partial charge in [-0.3, -0.25) is 4.79 Å². The van der Waals surface area contributed by atoms with Crippen LogP contribution in [0.3, 0.4) is 0 Å². The number of carbonyl (C=O) groups excluding carboxylic acids is 1. The maximum absolute atomic E-state index is 12.1. The maximum atomic E-state index is 12.1. The molecule has 112 valence electrons. The van der Waals surface area contributed by atoms with Crippen molar-refractivity contribution in [1.82, 2.24) is 5.32 Å². The quantitative estimate of drug-likeness (QED) is 0.705. The molecule has 20 heavy (non-hydrogen) atoms. The number of hydrogen-bond acceptors (Lipinski definition) is 3. The molecule has 0 saturated heterocycles. The van der Waals surface area contributed by atoms with Crippen molar-refractivity contribution >= 4 is 5.91 Å². The van der Waals surface area contributed by atoms with Gasteiger partial charge in [0.15, 0.2) is 11.5 Å². The highest BCUT2D eigenvalue weighted by molar-refractivity contribution is 5.97. The molecule has 1 aromatic rings. The van der Waals surface area contributed by atoms with Gasteiger partial charge in [0.2, 0.25) is 0 Å². The molecule has 0 aliphatic heterocycles. The van der Waals surface area contributed by atoms with E-state index in [1.54, 1.807) is 32.4 Å². The molecule has 0 aliphatic rings. The van der Waals surface area contributed by atoms with Crippen LogP contribution in [0.25, 0.3) is 0 Å². The summed E-state index contributed by atoms with van der Waals surface area (Å²) in [4.78, 5) is 12.1. The summed E-state index contributed by atoms with van der Waals surface area (Å²) >= 11 is 0. The van der Waals surface area contributed by atoms with E-state index < -0.39 is 0 Å². The van der Waals surface area contributed by atoms with Crippen LogP contribution in [0.5, 0.6) is 11.5 Å². The Morgan fingerprint density at radius 2 is 1.85 bits per heavy atom. The number of benzene rings is 1. The summed E-state index contributed by atoms with van der Waals surface area (Å²) in [5.74, 6) is 0.942. The van der Waals surface area contributed by atoms with Gasteiger partial charge in [-0.05, 0) is 18.6 Å². The van der Waals surface area contributed by atoms with Gasteiger partial charge in [-0.2, -0.15) is 0 Å². The molecule has 0 radical (unpaired) electrons. The standard InChI is InChI=1S/C16H25NO3/c1-4-5-6-7-8-12-17-16(18)13-10-9-11-14(19-2)15(13)20-3/h9-11H,4-8,12H2,1-3H3,(H,17,18). The van der Waals surface area contributed by atoms with Gasteiger partial charge >= 0.3 is 0 Å². The first kappa shape index (κ1) is 16.3. The number of ether oxygens (including phenoxy) is 2. The van der Waals surface area contributed by atoms with E-state index in [1.807, 2.05) is 0 Å². The predicted molar refractivity (Wildman–Crippen MR) is 80.6 cm³/mol. The number of amides is 1. The first-order chi connectivity index (χ1) is 9.74. The van der Waals surface area contributed by atoms with Crippen molar-refractivity contribution in [2.24, 2.45) is 0 Å². The minimum Gasteiger partial charge on any atom is -0.493 e. The van der Waals surface area contributed by atoms with E-state index in [2.05, 4.69) is 12.2 Å². The first-order valence-electron chi connectivity index (χ1n) is 7.23. The summed E-state index contributed by atoms with van der Waals surface area (Å²) in [7, 11) is 3.10. The van der Waals surface area contributed by atoms with Crippen LogP contribution < -0.4 is 14.8 Å². The van der Waals surface area contributed by atoms with Crippen LogP contribution in [0.1, 0.15) is 49.4 Å². The highest BCUT2D eigenvalue weighted by atomic mass is 16.5. The molecule has 1 amide bonds. The Balaban J connectivity index is 2.51. The molecule has 0 aliphatic carbocycles. The van der Waals surface area contributed by atoms with Crippen LogP contribution in [0.2, 0.25) is 0 Å². The average Bonchev–Trinajstić information content (AvgIpc) is 2.49. The van der Waals surface area contributed by atoms with Gasteiger partial charge in [-0.25, -0.2) is 0 Å². The highest BCUT2D eigenvalue weighted by Crippen LogP contribution is 2.30.